The van der Waals surface area contributed by atoms with E-state index in [0.29, 0.717) is 0 Å². The Kier molecular flexibility index (Phi) is 5.44. The summed E-state index contributed by atoms with van der Waals surface area (Å²) < 4.78 is 0. The molecule has 0 saturated heterocycles. The second kappa shape index (κ2) is 6.30. The van der Waals surface area contributed by atoms with Crippen LogP contribution < -0.4 is 16.8 Å². The van der Waals surface area contributed by atoms with Crippen LogP contribution in [0.25, 0.3) is 0 Å². The van der Waals surface area contributed by atoms with Gasteiger partial charge < -0.3 is 26.8 Å². The first-order valence-corrected chi connectivity index (χ1v) is 4.55. The lowest BCUT2D eigenvalue weighted by Gasteiger charge is -2.19. The largest absolute Gasteiger partial charge is 0.480 e. The Labute approximate surface area is 96.7 Å². The van der Waals surface area contributed by atoms with Crippen molar-refractivity contribution in [2.24, 2.45) is 11.5 Å². The molecule has 0 spiro atoms. The lowest BCUT2D eigenvalue weighted by atomic mass is 10.2. The van der Waals surface area contributed by atoms with E-state index in [2.05, 4.69) is 0 Å². The zero-order valence-electron chi connectivity index (χ0n) is 9.17. The molecule has 0 radical (unpaired) electrons. The maximum Gasteiger partial charge on any atom is 0.326 e. The maximum atomic E-state index is 11.4. The van der Waals surface area contributed by atoms with Gasteiger partial charge in [-0.25, -0.2) is 9.59 Å². The van der Waals surface area contributed by atoms with E-state index < -0.39 is 36.3 Å². The highest BCUT2D eigenvalue weighted by Crippen LogP contribution is 1.94. The lowest BCUT2D eigenvalue weighted by Crippen LogP contribution is -2.49. The molecule has 0 aromatic rings. The Balaban J connectivity index is 4.44. The molecule has 0 aliphatic rings. The fourth-order valence-corrected chi connectivity index (χ4v) is 0.966. The van der Waals surface area contributed by atoms with E-state index >= 15 is 0 Å². The van der Waals surface area contributed by atoms with Gasteiger partial charge in [-0.2, -0.15) is 0 Å². The van der Waals surface area contributed by atoms with E-state index in [1.807, 2.05) is 5.32 Å². The van der Waals surface area contributed by atoms with E-state index in [0.717, 1.165) is 4.90 Å². The van der Waals surface area contributed by atoms with Gasteiger partial charge in [0.05, 0.1) is 6.42 Å². The Hall–Kier alpha value is -2.32. The van der Waals surface area contributed by atoms with Gasteiger partial charge in [0.2, 0.25) is 11.8 Å². The molecule has 6 N–H and O–H groups in total. The minimum atomic E-state index is -1.43. The molecule has 0 rings (SSSR count). The fourth-order valence-electron chi connectivity index (χ4n) is 0.966. The summed E-state index contributed by atoms with van der Waals surface area (Å²) in [5, 5.41) is 10.7. The first-order chi connectivity index (χ1) is 7.73. The third kappa shape index (κ3) is 5.97. The van der Waals surface area contributed by atoms with Gasteiger partial charge in [0.15, 0.2) is 0 Å². The number of likely N-dealkylation sites (N-methyl/N-ethyl adjacent to an activating group) is 1. The number of primary amides is 2. The Morgan fingerprint density at radius 2 is 1.76 bits per heavy atom. The van der Waals surface area contributed by atoms with Crippen molar-refractivity contribution >= 4 is 23.8 Å². The summed E-state index contributed by atoms with van der Waals surface area (Å²) in [5.74, 6) is -3.01. The SMILES string of the molecule is CN(CC(N)=O)C(=O)N[C@@H](CC(N)=O)C(=O)O. The van der Waals surface area contributed by atoms with Crippen molar-refractivity contribution in [3.8, 4) is 0 Å². The van der Waals surface area contributed by atoms with Crippen LogP contribution in [0.4, 0.5) is 4.79 Å². The van der Waals surface area contributed by atoms with Gasteiger partial charge in [0, 0.05) is 7.05 Å². The van der Waals surface area contributed by atoms with Gasteiger partial charge >= 0.3 is 12.0 Å². The minimum absolute atomic E-state index is 0.366. The number of carbonyl (C=O) groups is 4. The molecular formula is C8H14N4O5. The Bertz CT molecular complexity index is 343. The summed E-state index contributed by atoms with van der Waals surface area (Å²) in [6, 6.07) is -2.27. The normalized spacial score (nSPS) is 11.4. The fraction of sp³-hybridized carbons (Fsp3) is 0.500. The van der Waals surface area contributed by atoms with Gasteiger partial charge in [-0.3, -0.25) is 9.59 Å². The number of rotatable bonds is 6. The number of urea groups is 1. The van der Waals surface area contributed by atoms with Crippen molar-refractivity contribution in [2.45, 2.75) is 12.5 Å². The summed E-state index contributed by atoms with van der Waals surface area (Å²) in [6.45, 7) is -0.366. The predicted molar refractivity (Wildman–Crippen MR) is 55.6 cm³/mol. The number of aliphatic carboxylic acids is 1. The van der Waals surface area contributed by atoms with Gasteiger partial charge in [-0.05, 0) is 0 Å². The second-order valence-corrected chi connectivity index (χ2v) is 3.33. The highest BCUT2D eigenvalue weighted by Gasteiger charge is 2.23. The van der Waals surface area contributed by atoms with Gasteiger partial charge in [0.25, 0.3) is 0 Å². The number of carboxylic acid groups (broad SMARTS) is 1. The molecule has 0 aromatic heterocycles. The van der Waals surface area contributed by atoms with E-state index in [1.54, 1.807) is 0 Å². The number of hydrogen-bond acceptors (Lipinski definition) is 4. The first kappa shape index (κ1) is 14.7. The monoisotopic (exact) mass is 246 g/mol. The van der Waals surface area contributed by atoms with Gasteiger partial charge in [-0.15, -0.1) is 0 Å². The summed E-state index contributed by atoms with van der Waals surface area (Å²) >= 11 is 0. The van der Waals surface area contributed by atoms with Crippen LogP contribution in [0.5, 0.6) is 0 Å². The van der Waals surface area contributed by atoms with Crippen molar-refractivity contribution in [1.82, 2.24) is 10.2 Å². The van der Waals surface area contributed by atoms with Crippen LogP contribution in [0, 0.1) is 0 Å². The van der Waals surface area contributed by atoms with E-state index in [1.165, 1.54) is 7.05 Å². The smallest absolute Gasteiger partial charge is 0.326 e. The second-order valence-electron chi connectivity index (χ2n) is 3.33. The summed E-state index contributed by atoms with van der Waals surface area (Å²) in [7, 11) is 1.25. The molecule has 0 aliphatic carbocycles. The molecule has 0 bridgehead atoms. The van der Waals surface area contributed by atoms with Crippen LogP contribution in [-0.2, 0) is 14.4 Å². The van der Waals surface area contributed by atoms with Gasteiger partial charge in [-0.1, -0.05) is 0 Å². The highest BCUT2D eigenvalue weighted by atomic mass is 16.4. The van der Waals surface area contributed by atoms with Crippen LogP contribution in [0.15, 0.2) is 0 Å². The number of hydrogen-bond donors (Lipinski definition) is 4. The lowest BCUT2D eigenvalue weighted by molar-refractivity contribution is -0.140. The van der Waals surface area contributed by atoms with Gasteiger partial charge in [0.1, 0.15) is 12.6 Å². The molecule has 0 aliphatic heterocycles. The molecule has 9 heteroatoms. The molecule has 0 saturated carbocycles. The minimum Gasteiger partial charge on any atom is -0.480 e. The number of nitrogens with two attached hydrogens (primary N) is 2. The number of carbonyl (C=O) groups excluding carboxylic acids is 3. The average Bonchev–Trinajstić information content (AvgIpc) is 2.14. The van der Waals surface area contributed by atoms with E-state index in [4.69, 9.17) is 16.6 Å². The van der Waals surface area contributed by atoms with Crippen molar-refractivity contribution in [3.63, 3.8) is 0 Å². The standard InChI is InChI=1S/C8H14N4O5/c1-12(3-6(10)14)8(17)11-4(7(15)16)2-5(9)13/h4H,2-3H2,1H3,(H2,9,13)(H2,10,14)(H,11,17)(H,15,16)/t4-/m0/s1. The maximum absolute atomic E-state index is 11.4. The third-order valence-electron chi connectivity index (χ3n) is 1.74. The quantitative estimate of drug-likeness (QED) is 0.405. The molecule has 0 fully saturated rings. The Morgan fingerprint density at radius 1 is 1.24 bits per heavy atom. The third-order valence-corrected chi connectivity index (χ3v) is 1.74. The van der Waals surface area contributed by atoms with Crippen LogP contribution in [0.2, 0.25) is 0 Å². The highest BCUT2D eigenvalue weighted by molar-refractivity contribution is 5.88. The molecular weight excluding hydrogens is 232 g/mol. The molecule has 0 unspecified atom stereocenters. The van der Waals surface area contributed by atoms with Crippen molar-refractivity contribution < 1.29 is 24.3 Å². The molecule has 17 heavy (non-hydrogen) atoms. The van der Waals surface area contributed by atoms with E-state index in [-0.39, 0.29) is 6.54 Å². The zero-order chi connectivity index (χ0) is 13.6. The molecule has 9 nitrogen and oxygen atoms in total. The summed E-state index contributed by atoms with van der Waals surface area (Å²) in [6.07, 6.45) is -0.536. The number of amides is 4. The van der Waals surface area contributed by atoms with Crippen molar-refractivity contribution in [2.75, 3.05) is 13.6 Å². The predicted octanol–water partition coefficient (Wildman–Crippen LogP) is -2.56. The summed E-state index contributed by atoms with van der Waals surface area (Å²) in [4.78, 5) is 44.0. The van der Waals surface area contributed by atoms with Crippen LogP contribution in [0.1, 0.15) is 6.42 Å². The number of nitrogens with zero attached hydrogens (tertiary/aromatic N) is 1. The molecule has 0 aromatic carbocycles. The molecule has 96 valence electrons. The first-order valence-electron chi connectivity index (χ1n) is 4.55. The molecule has 4 amide bonds. The van der Waals surface area contributed by atoms with Crippen molar-refractivity contribution in [1.29, 1.82) is 0 Å². The molecule has 0 heterocycles. The zero-order valence-corrected chi connectivity index (χ0v) is 9.17. The van der Waals surface area contributed by atoms with Crippen LogP contribution >= 0.6 is 0 Å². The number of carboxylic acids is 1. The Morgan fingerprint density at radius 3 is 2.12 bits per heavy atom. The van der Waals surface area contributed by atoms with E-state index in [9.17, 15) is 19.2 Å². The van der Waals surface area contributed by atoms with Crippen LogP contribution in [0.3, 0.4) is 0 Å². The number of nitrogens with one attached hydrogen (secondary N) is 1. The molecule has 1 atom stereocenters. The van der Waals surface area contributed by atoms with Crippen LogP contribution in [-0.4, -0.2) is 53.5 Å². The topological polar surface area (TPSA) is 156 Å². The average molecular weight is 246 g/mol. The van der Waals surface area contributed by atoms with Crippen molar-refractivity contribution in [3.05, 3.63) is 0 Å². The summed E-state index contributed by atoms with van der Waals surface area (Å²) in [5.41, 5.74) is 9.67.